The van der Waals surface area contributed by atoms with Crippen LogP contribution in [0.5, 0.6) is 23.1 Å². The Balaban J connectivity index is 1.23. The van der Waals surface area contributed by atoms with Gasteiger partial charge >= 0.3 is 12.3 Å². The van der Waals surface area contributed by atoms with Crippen molar-refractivity contribution in [3.8, 4) is 34.3 Å². The minimum atomic E-state index is -4.74. The van der Waals surface area contributed by atoms with E-state index in [1.54, 1.807) is 31.5 Å². The van der Waals surface area contributed by atoms with E-state index in [0.717, 1.165) is 48.3 Å². The van der Waals surface area contributed by atoms with Crippen LogP contribution in [0, 0.1) is 5.92 Å². The molecule has 0 saturated carbocycles. The summed E-state index contributed by atoms with van der Waals surface area (Å²) in [5, 5.41) is 9.26. The van der Waals surface area contributed by atoms with Crippen molar-refractivity contribution in [3.05, 3.63) is 60.3 Å². The number of aliphatic carboxylic acids is 1. The van der Waals surface area contributed by atoms with Gasteiger partial charge in [-0.05, 0) is 55.0 Å². The maximum Gasteiger partial charge on any atom is 0.573 e. The third kappa shape index (κ3) is 7.14. The van der Waals surface area contributed by atoms with Gasteiger partial charge in [-0.3, -0.25) is 4.79 Å². The molecule has 1 fully saturated rings. The summed E-state index contributed by atoms with van der Waals surface area (Å²) in [4.78, 5) is 17.9. The van der Waals surface area contributed by atoms with Crippen molar-refractivity contribution >= 4 is 11.7 Å². The van der Waals surface area contributed by atoms with Crippen molar-refractivity contribution in [2.24, 2.45) is 5.92 Å². The lowest BCUT2D eigenvalue weighted by Gasteiger charge is -2.35. The van der Waals surface area contributed by atoms with E-state index >= 15 is 0 Å². The third-order valence-corrected chi connectivity index (χ3v) is 7.48. The fourth-order valence-electron chi connectivity index (χ4n) is 5.37. The van der Waals surface area contributed by atoms with Crippen LogP contribution in [0.4, 0.5) is 18.9 Å². The molecule has 3 heterocycles. The molecule has 8 nitrogen and oxygen atoms in total. The lowest BCUT2D eigenvalue weighted by atomic mass is 9.91. The number of rotatable bonds is 9. The van der Waals surface area contributed by atoms with Gasteiger partial charge in [0.25, 0.3) is 0 Å². The topological polar surface area (TPSA) is 90.4 Å². The lowest BCUT2D eigenvalue weighted by molar-refractivity contribution is -0.274. The molecule has 218 valence electrons. The second-order valence-corrected chi connectivity index (χ2v) is 10.2. The van der Waals surface area contributed by atoms with E-state index in [9.17, 15) is 23.1 Å². The molecular weight excluding hydrogens is 541 g/mol. The molecule has 2 aliphatic heterocycles. The van der Waals surface area contributed by atoms with Gasteiger partial charge in [0.1, 0.15) is 17.2 Å². The molecule has 1 N–H and O–H groups in total. The molecule has 1 saturated heterocycles. The first kappa shape index (κ1) is 28.4. The highest BCUT2D eigenvalue weighted by Gasteiger charge is 2.31. The molecule has 0 amide bonds. The SMILES string of the molecule is COc1ccc(-c2ccc(OC(F)(F)F)cc2)c(N2CCC(COc3cc4c(cn3)OCCC4CC(=O)O)CC2)c1. The van der Waals surface area contributed by atoms with Gasteiger partial charge in [0.15, 0.2) is 0 Å². The van der Waals surface area contributed by atoms with Crippen LogP contribution in [-0.4, -0.2) is 55.8 Å². The summed E-state index contributed by atoms with van der Waals surface area (Å²) >= 11 is 0. The van der Waals surface area contributed by atoms with Crippen molar-refractivity contribution in [1.29, 1.82) is 0 Å². The third-order valence-electron chi connectivity index (χ3n) is 7.48. The van der Waals surface area contributed by atoms with Crippen molar-refractivity contribution in [1.82, 2.24) is 4.98 Å². The largest absolute Gasteiger partial charge is 0.573 e. The second kappa shape index (κ2) is 12.2. The van der Waals surface area contributed by atoms with Crippen LogP contribution in [0.2, 0.25) is 0 Å². The smallest absolute Gasteiger partial charge is 0.497 e. The van der Waals surface area contributed by atoms with E-state index in [1.165, 1.54) is 12.1 Å². The number of nitrogens with zero attached hydrogens (tertiary/aromatic N) is 2. The first-order valence-electron chi connectivity index (χ1n) is 13.4. The summed E-state index contributed by atoms with van der Waals surface area (Å²) in [7, 11) is 1.59. The van der Waals surface area contributed by atoms with Crippen LogP contribution >= 0.6 is 0 Å². The fraction of sp³-hybridized carbons (Fsp3) is 0.400. The number of ether oxygens (including phenoxy) is 4. The van der Waals surface area contributed by atoms with Gasteiger partial charge in [0, 0.05) is 48.0 Å². The van der Waals surface area contributed by atoms with Crippen LogP contribution in [0.1, 0.15) is 37.2 Å². The standard InChI is InChI=1S/C30H31F3N2O6/c1-38-23-6-7-24(20-2-4-22(5-3-20)41-30(31,32)33)26(15-23)35-11-8-19(9-12-35)18-40-28-16-25-21(14-29(36)37)10-13-39-27(25)17-34-28/h2-7,15-17,19,21H,8-14,18H2,1H3,(H,36,37). The summed E-state index contributed by atoms with van der Waals surface area (Å²) in [6.45, 7) is 2.47. The Kier molecular flexibility index (Phi) is 8.41. The molecular formula is C30H31F3N2O6. The summed E-state index contributed by atoms with van der Waals surface area (Å²) in [6, 6.07) is 13.3. The number of anilines is 1. The van der Waals surface area contributed by atoms with Crippen molar-refractivity contribution in [3.63, 3.8) is 0 Å². The van der Waals surface area contributed by atoms with E-state index in [1.807, 2.05) is 18.2 Å². The normalized spacial score (nSPS) is 17.4. The Morgan fingerprint density at radius 3 is 2.49 bits per heavy atom. The fourth-order valence-corrected chi connectivity index (χ4v) is 5.37. The van der Waals surface area contributed by atoms with Gasteiger partial charge in [-0.1, -0.05) is 12.1 Å². The minimum absolute atomic E-state index is 0.0377. The number of halogens is 3. The van der Waals surface area contributed by atoms with Crippen LogP contribution in [-0.2, 0) is 4.79 Å². The highest BCUT2D eigenvalue weighted by Crippen LogP contribution is 2.39. The number of piperidine rings is 1. The summed E-state index contributed by atoms with van der Waals surface area (Å²) in [5.41, 5.74) is 3.41. The maximum atomic E-state index is 12.6. The maximum absolute atomic E-state index is 12.6. The average Bonchev–Trinajstić information content (AvgIpc) is 2.95. The Bertz CT molecular complexity index is 1360. The quantitative estimate of drug-likeness (QED) is 0.320. The zero-order valence-corrected chi connectivity index (χ0v) is 22.5. The van der Waals surface area contributed by atoms with Crippen LogP contribution in [0.25, 0.3) is 11.1 Å². The number of carboxylic acids is 1. The average molecular weight is 573 g/mol. The van der Waals surface area contributed by atoms with Gasteiger partial charge < -0.3 is 29.0 Å². The highest BCUT2D eigenvalue weighted by molar-refractivity contribution is 5.80. The Morgan fingerprint density at radius 1 is 1.07 bits per heavy atom. The zero-order valence-electron chi connectivity index (χ0n) is 22.5. The van der Waals surface area contributed by atoms with E-state index in [4.69, 9.17) is 14.2 Å². The highest BCUT2D eigenvalue weighted by atomic mass is 19.4. The molecule has 3 aromatic rings. The number of benzene rings is 2. The number of fused-ring (bicyclic) bond motifs is 1. The molecule has 5 rings (SSSR count). The van der Waals surface area contributed by atoms with Gasteiger partial charge in [0.05, 0.1) is 32.9 Å². The number of aromatic nitrogens is 1. The van der Waals surface area contributed by atoms with E-state index < -0.39 is 12.3 Å². The number of carboxylic acid groups (broad SMARTS) is 1. The van der Waals surface area contributed by atoms with Crippen LogP contribution in [0.3, 0.4) is 0 Å². The van der Waals surface area contributed by atoms with Gasteiger partial charge in [-0.15, -0.1) is 13.2 Å². The molecule has 1 aromatic heterocycles. The molecule has 11 heteroatoms. The minimum Gasteiger partial charge on any atom is -0.497 e. The van der Waals surface area contributed by atoms with Gasteiger partial charge in [0.2, 0.25) is 5.88 Å². The lowest BCUT2D eigenvalue weighted by Crippen LogP contribution is -2.35. The Labute approximate surface area is 235 Å². The van der Waals surface area contributed by atoms with Crippen LogP contribution < -0.4 is 23.8 Å². The predicted octanol–water partition coefficient (Wildman–Crippen LogP) is 6.29. The molecule has 1 unspecified atom stereocenters. The first-order valence-corrected chi connectivity index (χ1v) is 13.4. The number of methoxy groups -OCH3 is 1. The molecule has 0 aliphatic carbocycles. The van der Waals surface area contributed by atoms with E-state index in [2.05, 4.69) is 14.6 Å². The van der Waals surface area contributed by atoms with Crippen molar-refractivity contribution in [2.75, 3.05) is 38.3 Å². The van der Waals surface area contributed by atoms with Crippen molar-refractivity contribution in [2.45, 2.75) is 38.0 Å². The molecule has 0 radical (unpaired) electrons. The molecule has 2 aliphatic rings. The number of hydrogen-bond donors (Lipinski definition) is 1. The Morgan fingerprint density at radius 2 is 1.80 bits per heavy atom. The predicted molar refractivity (Wildman–Crippen MR) is 145 cm³/mol. The van der Waals surface area contributed by atoms with Gasteiger partial charge in [-0.2, -0.15) is 0 Å². The molecule has 0 bridgehead atoms. The molecule has 0 spiro atoms. The molecule has 1 atom stereocenters. The summed E-state index contributed by atoms with van der Waals surface area (Å²) in [6.07, 6.45) is -0.730. The zero-order chi connectivity index (χ0) is 29.0. The Hall–Kier alpha value is -4.15. The van der Waals surface area contributed by atoms with E-state index in [0.29, 0.717) is 42.9 Å². The van der Waals surface area contributed by atoms with E-state index in [-0.39, 0.29) is 18.1 Å². The monoisotopic (exact) mass is 572 g/mol. The number of alkyl halides is 3. The summed E-state index contributed by atoms with van der Waals surface area (Å²) < 4.78 is 58.9. The second-order valence-electron chi connectivity index (χ2n) is 10.2. The number of hydrogen-bond acceptors (Lipinski definition) is 7. The number of pyridine rings is 1. The van der Waals surface area contributed by atoms with Crippen molar-refractivity contribution < 1.29 is 42.0 Å². The first-order chi connectivity index (χ1) is 19.7. The number of carbonyl (C=O) groups is 1. The van der Waals surface area contributed by atoms with Crippen LogP contribution in [0.15, 0.2) is 54.7 Å². The van der Waals surface area contributed by atoms with Gasteiger partial charge in [-0.25, -0.2) is 4.98 Å². The molecule has 41 heavy (non-hydrogen) atoms. The summed E-state index contributed by atoms with van der Waals surface area (Å²) in [5.74, 6) is 0.809. The molecule has 2 aromatic carbocycles.